The Labute approximate surface area is 97.1 Å². The van der Waals surface area contributed by atoms with Crippen LogP contribution in [0, 0.1) is 12.8 Å². The standard InChI is InChI=1S/C10H13BrN2O2/c1-7-12-9(11)4-10(13-7)15-6-8-2-3-14-5-8/h4,8H,2-3,5-6H2,1H3. The van der Waals surface area contributed by atoms with Crippen molar-refractivity contribution in [3.8, 4) is 5.88 Å². The highest BCUT2D eigenvalue weighted by Gasteiger charge is 2.16. The van der Waals surface area contributed by atoms with E-state index in [1.807, 2.05) is 6.92 Å². The van der Waals surface area contributed by atoms with Gasteiger partial charge in [0.05, 0.1) is 13.2 Å². The molecule has 0 spiro atoms. The molecule has 0 radical (unpaired) electrons. The Morgan fingerprint density at radius 1 is 1.60 bits per heavy atom. The van der Waals surface area contributed by atoms with Gasteiger partial charge in [-0.2, -0.15) is 4.98 Å². The van der Waals surface area contributed by atoms with Gasteiger partial charge in [0.15, 0.2) is 0 Å². The fourth-order valence-electron chi connectivity index (χ4n) is 1.50. The normalized spacial score (nSPS) is 20.5. The van der Waals surface area contributed by atoms with Gasteiger partial charge in [0.1, 0.15) is 10.4 Å². The van der Waals surface area contributed by atoms with E-state index in [1.54, 1.807) is 6.07 Å². The number of aromatic nitrogens is 2. The van der Waals surface area contributed by atoms with Crippen molar-refractivity contribution < 1.29 is 9.47 Å². The SMILES string of the molecule is Cc1nc(Br)cc(OCC2CCOC2)n1. The fourth-order valence-corrected chi connectivity index (χ4v) is 1.95. The summed E-state index contributed by atoms with van der Waals surface area (Å²) in [6.07, 6.45) is 1.07. The van der Waals surface area contributed by atoms with Crippen LogP contribution in [0.15, 0.2) is 10.7 Å². The quantitative estimate of drug-likeness (QED) is 0.790. The van der Waals surface area contributed by atoms with Gasteiger partial charge in [-0.25, -0.2) is 4.98 Å². The molecule has 15 heavy (non-hydrogen) atoms. The molecule has 0 aromatic carbocycles. The Morgan fingerprint density at radius 3 is 3.13 bits per heavy atom. The van der Waals surface area contributed by atoms with E-state index in [-0.39, 0.29) is 0 Å². The van der Waals surface area contributed by atoms with Crippen LogP contribution in [-0.4, -0.2) is 29.8 Å². The van der Waals surface area contributed by atoms with Gasteiger partial charge in [0.25, 0.3) is 0 Å². The molecule has 2 rings (SSSR count). The predicted molar refractivity (Wildman–Crippen MR) is 58.9 cm³/mol. The summed E-state index contributed by atoms with van der Waals surface area (Å²) in [6.45, 7) is 4.16. The molecule has 1 atom stereocenters. The Kier molecular flexibility index (Phi) is 3.53. The van der Waals surface area contributed by atoms with Crippen LogP contribution < -0.4 is 4.74 Å². The Morgan fingerprint density at radius 2 is 2.47 bits per heavy atom. The minimum absolute atomic E-state index is 0.499. The second kappa shape index (κ2) is 4.90. The topological polar surface area (TPSA) is 44.2 Å². The van der Waals surface area contributed by atoms with Crippen LogP contribution in [0.4, 0.5) is 0 Å². The monoisotopic (exact) mass is 272 g/mol. The first-order valence-electron chi connectivity index (χ1n) is 4.96. The number of halogens is 1. The third-order valence-corrected chi connectivity index (χ3v) is 2.68. The van der Waals surface area contributed by atoms with E-state index in [9.17, 15) is 0 Å². The summed E-state index contributed by atoms with van der Waals surface area (Å²) in [5.74, 6) is 1.84. The van der Waals surface area contributed by atoms with Crippen LogP contribution >= 0.6 is 15.9 Å². The predicted octanol–water partition coefficient (Wildman–Crippen LogP) is 1.96. The summed E-state index contributed by atoms with van der Waals surface area (Å²) in [7, 11) is 0. The number of hydrogen-bond acceptors (Lipinski definition) is 4. The molecular weight excluding hydrogens is 260 g/mol. The number of rotatable bonds is 3. The lowest BCUT2D eigenvalue weighted by Crippen LogP contribution is -2.12. The van der Waals surface area contributed by atoms with Gasteiger partial charge in [-0.05, 0) is 29.3 Å². The van der Waals surface area contributed by atoms with Gasteiger partial charge in [-0.15, -0.1) is 0 Å². The molecule has 1 unspecified atom stereocenters. The van der Waals surface area contributed by atoms with Crippen molar-refractivity contribution in [3.05, 3.63) is 16.5 Å². The number of nitrogens with zero attached hydrogens (tertiary/aromatic N) is 2. The maximum absolute atomic E-state index is 5.59. The summed E-state index contributed by atoms with van der Waals surface area (Å²) in [5, 5.41) is 0. The third kappa shape index (κ3) is 3.14. The van der Waals surface area contributed by atoms with Gasteiger partial charge >= 0.3 is 0 Å². The molecule has 2 heterocycles. The highest BCUT2D eigenvalue weighted by molar-refractivity contribution is 9.10. The molecule has 1 aromatic rings. The fraction of sp³-hybridized carbons (Fsp3) is 0.600. The molecule has 0 aliphatic carbocycles. The minimum Gasteiger partial charge on any atom is -0.477 e. The molecule has 4 nitrogen and oxygen atoms in total. The lowest BCUT2D eigenvalue weighted by Gasteiger charge is -2.09. The van der Waals surface area contributed by atoms with E-state index in [4.69, 9.17) is 9.47 Å². The van der Waals surface area contributed by atoms with Crippen molar-refractivity contribution in [2.75, 3.05) is 19.8 Å². The molecule has 1 aliphatic heterocycles. The van der Waals surface area contributed by atoms with Gasteiger partial charge in [0.2, 0.25) is 5.88 Å². The third-order valence-electron chi connectivity index (χ3n) is 2.27. The molecule has 1 saturated heterocycles. The van der Waals surface area contributed by atoms with Crippen LogP contribution in [-0.2, 0) is 4.74 Å². The number of ether oxygens (including phenoxy) is 2. The molecule has 0 amide bonds. The molecule has 82 valence electrons. The zero-order valence-electron chi connectivity index (χ0n) is 8.57. The molecular formula is C10H13BrN2O2. The molecule has 0 N–H and O–H groups in total. The van der Waals surface area contributed by atoms with Crippen LogP contribution in [0.3, 0.4) is 0 Å². The average Bonchev–Trinajstić information content (AvgIpc) is 2.65. The van der Waals surface area contributed by atoms with E-state index < -0.39 is 0 Å². The molecule has 1 aromatic heterocycles. The molecule has 1 fully saturated rings. The first-order chi connectivity index (χ1) is 7.24. The first-order valence-corrected chi connectivity index (χ1v) is 5.75. The first kappa shape index (κ1) is 10.8. The summed E-state index contributed by atoms with van der Waals surface area (Å²) in [5.41, 5.74) is 0. The van der Waals surface area contributed by atoms with E-state index >= 15 is 0 Å². The minimum atomic E-state index is 0.499. The van der Waals surface area contributed by atoms with E-state index in [2.05, 4.69) is 25.9 Å². The van der Waals surface area contributed by atoms with Crippen molar-refractivity contribution >= 4 is 15.9 Å². The van der Waals surface area contributed by atoms with Gasteiger partial charge in [-0.3, -0.25) is 0 Å². The van der Waals surface area contributed by atoms with Gasteiger partial charge in [-0.1, -0.05) is 0 Å². The van der Waals surface area contributed by atoms with Crippen molar-refractivity contribution in [2.45, 2.75) is 13.3 Å². The molecule has 0 saturated carbocycles. The molecule has 5 heteroatoms. The average molecular weight is 273 g/mol. The maximum Gasteiger partial charge on any atom is 0.217 e. The Bertz CT molecular complexity index is 320. The highest BCUT2D eigenvalue weighted by atomic mass is 79.9. The largest absolute Gasteiger partial charge is 0.477 e. The summed E-state index contributed by atoms with van der Waals surface area (Å²) < 4.78 is 11.6. The highest BCUT2D eigenvalue weighted by Crippen LogP contribution is 2.17. The van der Waals surface area contributed by atoms with Crippen LogP contribution in [0.2, 0.25) is 0 Å². The van der Waals surface area contributed by atoms with Gasteiger partial charge in [0, 0.05) is 18.6 Å². The van der Waals surface area contributed by atoms with Crippen molar-refractivity contribution in [1.29, 1.82) is 0 Å². The Balaban J connectivity index is 1.92. The summed E-state index contributed by atoms with van der Waals surface area (Å²) in [4.78, 5) is 8.31. The van der Waals surface area contributed by atoms with E-state index in [1.165, 1.54) is 0 Å². The smallest absolute Gasteiger partial charge is 0.217 e. The van der Waals surface area contributed by atoms with Crippen molar-refractivity contribution in [2.24, 2.45) is 5.92 Å². The van der Waals surface area contributed by atoms with Gasteiger partial charge < -0.3 is 9.47 Å². The second-order valence-electron chi connectivity index (χ2n) is 3.62. The number of aryl methyl sites for hydroxylation is 1. The van der Waals surface area contributed by atoms with Crippen LogP contribution in [0.5, 0.6) is 5.88 Å². The molecule has 0 bridgehead atoms. The van der Waals surface area contributed by atoms with Crippen LogP contribution in [0.1, 0.15) is 12.2 Å². The van der Waals surface area contributed by atoms with E-state index in [0.29, 0.717) is 24.2 Å². The van der Waals surface area contributed by atoms with Crippen molar-refractivity contribution in [3.63, 3.8) is 0 Å². The molecule has 1 aliphatic rings. The lowest BCUT2D eigenvalue weighted by atomic mass is 10.1. The summed E-state index contributed by atoms with van der Waals surface area (Å²) in [6, 6.07) is 1.78. The Hall–Kier alpha value is -0.680. The zero-order chi connectivity index (χ0) is 10.7. The van der Waals surface area contributed by atoms with Crippen LogP contribution in [0.25, 0.3) is 0 Å². The number of hydrogen-bond donors (Lipinski definition) is 0. The van der Waals surface area contributed by atoms with E-state index in [0.717, 1.165) is 24.2 Å². The zero-order valence-corrected chi connectivity index (χ0v) is 10.2. The summed E-state index contributed by atoms with van der Waals surface area (Å²) >= 11 is 3.31. The second-order valence-corrected chi connectivity index (χ2v) is 4.43. The lowest BCUT2D eigenvalue weighted by molar-refractivity contribution is 0.165. The maximum atomic E-state index is 5.59. The van der Waals surface area contributed by atoms with Crippen molar-refractivity contribution in [1.82, 2.24) is 9.97 Å².